The maximum absolute atomic E-state index is 12.3. The van der Waals surface area contributed by atoms with E-state index in [9.17, 15) is 8.42 Å². The first-order valence-electron chi connectivity index (χ1n) is 5.73. The van der Waals surface area contributed by atoms with Crippen molar-refractivity contribution in [2.24, 2.45) is 0 Å². The van der Waals surface area contributed by atoms with Gasteiger partial charge in [-0.15, -0.1) is 11.3 Å². The molecule has 0 aliphatic heterocycles. The number of sulfonamides is 1. The van der Waals surface area contributed by atoms with Crippen molar-refractivity contribution in [1.82, 2.24) is 5.32 Å². The lowest BCUT2D eigenvalue weighted by molar-refractivity contribution is 0.601. The second-order valence-electron chi connectivity index (χ2n) is 4.13. The highest BCUT2D eigenvalue weighted by atomic mass is 35.5. The van der Waals surface area contributed by atoms with Crippen molar-refractivity contribution in [3.8, 4) is 0 Å². The smallest absolute Gasteiger partial charge is 0.262 e. The Hall–Kier alpha value is -0.500. The lowest BCUT2D eigenvalue weighted by atomic mass is 10.3. The first-order valence-corrected chi connectivity index (χ1v) is 9.22. The van der Waals surface area contributed by atoms with E-state index in [1.807, 2.05) is 0 Å². The largest absolute Gasteiger partial charge is 0.315 e. The van der Waals surface area contributed by atoms with Crippen LogP contribution in [0.15, 0.2) is 28.5 Å². The van der Waals surface area contributed by atoms with Crippen LogP contribution < -0.4 is 10.0 Å². The molecule has 0 bridgehead atoms. The summed E-state index contributed by atoms with van der Waals surface area (Å²) in [5.74, 6) is 0. The molecule has 0 fully saturated rings. The molecule has 2 aromatic rings. The maximum Gasteiger partial charge on any atom is 0.262 e. The Morgan fingerprint density at radius 2 is 1.76 bits per heavy atom. The molecule has 4 nitrogen and oxygen atoms in total. The molecule has 1 heterocycles. The van der Waals surface area contributed by atoms with Crippen LogP contribution in [0.2, 0.25) is 15.1 Å². The summed E-state index contributed by atoms with van der Waals surface area (Å²) in [7, 11) is -1.92. The third-order valence-electron chi connectivity index (χ3n) is 2.55. The fraction of sp³-hybridized carbons (Fsp3) is 0.167. The van der Waals surface area contributed by atoms with E-state index in [0.717, 1.165) is 4.88 Å². The Labute approximate surface area is 142 Å². The summed E-state index contributed by atoms with van der Waals surface area (Å²) in [6.45, 7) is 0.605. The van der Waals surface area contributed by atoms with Crippen molar-refractivity contribution >= 4 is 61.9 Å². The third-order valence-corrected chi connectivity index (χ3v) is 6.01. The summed E-state index contributed by atoms with van der Waals surface area (Å²) in [6, 6.07) is 4.38. The van der Waals surface area contributed by atoms with Crippen LogP contribution in [0.5, 0.6) is 0 Å². The molecule has 9 heteroatoms. The monoisotopic (exact) mass is 384 g/mol. The van der Waals surface area contributed by atoms with Gasteiger partial charge in [0.05, 0.1) is 25.7 Å². The molecule has 2 rings (SSSR count). The van der Waals surface area contributed by atoms with Gasteiger partial charge in [0.15, 0.2) is 0 Å². The van der Waals surface area contributed by atoms with Gasteiger partial charge in [-0.1, -0.05) is 34.8 Å². The maximum atomic E-state index is 12.3. The van der Waals surface area contributed by atoms with Crippen LogP contribution in [-0.2, 0) is 16.6 Å². The quantitative estimate of drug-likeness (QED) is 0.757. The van der Waals surface area contributed by atoms with Gasteiger partial charge in [0, 0.05) is 16.8 Å². The van der Waals surface area contributed by atoms with Crippen LogP contribution in [0.3, 0.4) is 0 Å². The highest BCUT2D eigenvalue weighted by Gasteiger charge is 2.18. The van der Waals surface area contributed by atoms with Gasteiger partial charge in [-0.25, -0.2) is 8.42 Å². The molecule has 0 unspecified atom stereocenters. The summed E-state index contributed by atoms with van der Waals surface area (Å²) in [4.78, 5) is 1.10. The Balaban J connectivity index is 2.30. The second kappa shape index (κ2) is 6.73. The van der Waals surface area contributed by atoms with E-state index in [0.29, 0.717) is 6.54 Å². The molecule has 0 saturated heterocycles. The predicted octanol–water partition coefficient (Wildman–Crippen LogP) is 4.23. The topological polar surface area (TPSA) is 58.2 Å². The van der Waals surface area contributed by atoms with Crippen molar-refractivity contribution in [1.29, 1.82) is 0 Å². The molecule has 1 aromatic heterocycles. The lowest BCUT2D eigenvalue weighted by Crippen LogP contribution is -2.12. The standard InChI is InChI=1S/C12H11Cl3N2O2S2/c1-16-5-7-2-8(6-20-7)21(18,19)17-12-4-10(14)9(13)3-11(12)15/h2-4,6,16-17H,5H2,1H3. The molecule has 0 saturated carbocycles. The fourth-order valence-electron chi connectivity index (χ4n) is 1.57. The number of benzene rings is 1. The molecule has 0 aliphatic rings. The highest BCUT2D eigenvalue weighted by molar-refractivity contribution is 7.92. The summed E-state index contributed by atoms with van der Waals surface area (Å²) in [5, 5.41) is 5.20. The minimum Gasteiger partial charge on any atom is -0.315 e. The van der Waals surface area contributed by atoms with Crippen LogP contribution in [0.1, 0.15) is 4.88 Å². The third kappa shape index (κ3) is 4.03. The van der Waals surface area contributed by atoms with Gasteiger partial charge < -0.3 is 5.32 Å². The number of nitrogens with one attached hydrogen (secondary N) is 2. The van der Waals surface area contributed by atoms with Gasteiger partial charge >= 0.3 is 0 Å². The highest BCUT2D eigenvalue weighted by Crippen LogP contribution is 2.33. The Kier molecular flexibility index (Phi) is 5.40. The first kappa shape index (κ1) is 16.9. The lowest BCUT2D eigenvalue weighted by Gasteiger charge is -2.09. The number of hydrogen-bond donors (Lipinski definition) is 2. The van der Waals surface area contributed by atoms with Gasteiger partial charge in [0.1, 0.15) is 0 Å². The summed E-state index contributed by atoms with van der Waals surface area (Å²) in [6.07, 6.45) is 0. The van der Waals surface area contributed by atoms with E-state index >= 15 is 0 Å². The van der Waals surface area contributed by atoms with E-state index in [1.54, 1.807) is 18.5 Å². The number of anilines is 1. The normalized spacial score (nSPS) is 11.6. The van der Waals surface area contributed by atoms with Gasteiger partial charge in [-0.05, 0) is 25.2 Å². The molecule has 0 amide bonds. The van der Waals surface area contributed by atoms with E-state index in [-0.39, 0.29) is 25.7 Å². The molecule has 0 aliphatic carbocycles. The number of halogens is 3. The van der Waals surface area contributed by atoms with Crippen LogP contribution in [0.4, 0.5) is 5.69 Å². The van der Waals surface area contributed by atoms with Crippen LogP contribution in [-0.4, -0.2) is 15.5 Å². The molecular weight excluding hydrogens is 375 g/mol. The second-order valence-corrected chi connectivity index (χ2v) is 8.03. The zero-order valence-electron chi connectivity index (χ0n) is 10.8. The van der Waals surface area contributed by atoms with Gasteiger partial charge in [0.2, 0.25) is 0 Å². The minimum atomic E-state index is -3.72. The summed E-state index contributed by atoms with van der Waals surface area (Å²) in [5.41, 5.74) is 0.187. The Morgan fingerprint density at radius 3 is 2.43 bits per heavy atom. The molecule has 114 valence electrons. The minimum absolute atomic E-state index is 0.179. The van der Waals surface area contributed by atoms with Crippen molar-refractivity contribution in [3.05, 3.63) is 43.5 Å². The van der Waals surface area contributed by atoms with E-state index in [4.69, 9.17) is 34.8 Å². The fourth-order valence-corrected chi connectivity index (χ4v) is 4.58. The number of thiophene rings is 1. The summed E-state index contributed by atoms with van der Waals surface area (Å²) >= 11 is 19.0. The van der Waals surface area contributed by atoms with Crippen molar-refractivity contribution < 1.29 is 8.42 Å². The average Bonchev–Trinajstić information content (AvgIpc) is 2.86. The van der Waals surface area contributed by atoms with Crippen LogP contribution in [0.25, 0.3) is 0 Å². The first-order chi connectivity index (χ1) is 9.83. The SMILES string of the molecule is CNCc1cc(S(=O)(=O)Nc2cc(Cl)c(Cl)cc2Cl)cs1. The molecule has 2 N–H and O–H groups in total. The Bertz CT molecular complexity index is 760. The van der Waals surface area contributed by atoms with Crippen molar-refractivity contribution in [2.75, 3.05) is 11.8 Å². The van der Waals surface area contributed by atoms with E-state index < -0.39 is 10.0 Å². The Morgan fingerprint density at radius 1 is 1.10 bits per heavy atom. The van der Waals surface area contributed by atoms with E-state index in [1.165, 1.54) is 23.5 Å². The van der Waals surface area contributed by atoms with Gasteiger partial charge in [-0.2, -0.15) is 0 Å². The zero-order valence-corrected chi connectivity index (χ0v) is 14.7. The zero-order chi connectivity index (χ0) is 15.6. The van der Waals surface area contributed by atoms with E-state index in [2.05, 4.69) is 10.0 Å². The molecule has 1 aromatic carbocycles. The number of hydrogen-bond acceptors (Lipinski definition) is 4. The van der Waals surface area contributed by atoms with Crippen molar-refractivity contribution in [2.45, 2.75) is 11.4 Å². The number of rotatable bonds is 5. The molecule has 0 spiro atoms. The average molecular weight is 386 g/mol. The molecule has 21 heavy (non-hydrogen) atoms. The van der Waals surface area contributed by atoms with Crippen LogP contribution >= 0.6 is 46.1 Å². The van der Waals surface area contributed by atoms with Gasteiger partial charge in [0.25, 0.3) is 10.0 Å². The molecule has 0 radical (unpaired) electrons. The summed E-state index contributed by atoms with van der Waals surface area (Å²) < 4.78 is 27.0. The van der Waals surface area contributed by atoms with Crippen molar-refractivity contribution in [3.63, 3.8) is 0 Å². The predicted molar refractivity (Wildman–Crippen MR) is 89.4 cm³/mol. The molecular formula is C12H11Cl3N2O2S2. The molecule has 0 atom stereocenters. The van der Waals surface area contributed by atoms with Crippen LogP contribution in [0, 0.1) is 0 Å². The van der Waals surface area contributed by atoms with Gasteiger partial charge in [-0.3, -0.25) is 4.72 Å².